The van der Waals surface area contributed by atoms with Crippen LogP contribution in [-0.4, -0.2) is 30.0 Å². The summed E-state index contributed by atoms with van der Waals surface area (Å²) in [4.78, 5) is 14.1. The molecule has 0 unspecified atom stereocenters. The van der Waals surface area contributed by atoms with Crippen molar-refractivity contribution >= 4 is 5.91 Å². The maximum atomic E-state index is 12.1. The highest BCUT2D eigenvalue weighted by molar-refractivity contribution is 5.78. The van der Waals surface area contributed by atoms with Crippen LogP contribution < -0.4 is 10.5 Å². The van der Waals surface area contributed by atoms with Crippen molar-refractivity contribution in [2.75, 3.05) is 13.2 Å². The smallest absolute Gasteiger partial charge is 0.260 e. The van der Waals surface area contributed by atoms with Gasteiger partial charge in [0.05, 0.1) is 0 Å². The van der Waals surface area contributed by atoms with Crippen molar-refractivity contribution < 1.29 is 9.53 Å². The molecular formula is C16H24N2O2. The summed E-state index contributed by atoms with van der Waals surface area (Å²) in [6, 6.07) is 8.08. The fraction of sp³-hybridized carbons (Fsp3) is 0.562. The third kappa shape index (κ3) is 3.51. The van der Waals surface area contributed by atoms with Gasteiger partial charge in [-0.15, -0.1) is 0 Å². The number of amides is 1. The van der Waals surface area contributed by atoms with Crippen molar-refractivity contribution in [2.24, 2.45) is 5.73 Å². The van der Waals surface area contributed by atoms with Crippen molar-refractivity contribution in [2.45, 2.75) is 45.2 Å². The summed E-state index contributed by atoms with van der Waals surface area (Å²) >= 11 is 0. The molecule has 110 valence electrons. The van der Waals surface area contributed by atoms with Crippen LogP contribution >= 0.6 is 0 Å². The van der Waals surface area contributed by atoms with Crippen LogP contribution in [0.15, 0.2) is 24.3 Å². The number of hydrogen-bond acceptors (Lipinski definition) is 3. The minimum Gasteiger partial charge on any atom is -0.483 e. The number of likely N-dealkylation sites (N-methyl/N-ethyl adjacent to an activating group) is 1. The van der Waals surface area contributed by atoms with E-state index in [9.17, 15) is 4.79 Å². The molecular weight excluding hydrogens is 252 g/mol. The van der Waals surface area contributed by atoms with Crippen molar-refractivity contribution in [3.05, 3.63) is 29.8 Å². The van der Waals surface area contributed by atoms with Gasteiger partial charge < -0.3 is 15.4 Å². The number of nitrogens with two attached hydrogens (primary N) is 1. The Hall–Kier alpha value is -1.55. The molecule has 1 aromatic carbocycles. The summed E-state index contributed by atoms with van der Waals surface area (Å²) < 4.78 is 5.71. The van der Waals surface area contributed by atoms with Crippen LogP contribution in [0, 0.1) is 0 Å². The zero-order valence-electron chi connectivity index (χ0n) is 12.3. The van der Waals surface area contributed by atoms with Gasteiger partial charge in [0.2, 0.25) is 0 Å². The Kier molecular flexibility index (Phi) is 5.01. The number of ether oxygens (including phenoxy) is 1. The number of hydrogen-bond donors (Lipinski definition) is 1. The van der Waals surface area contributed by atoms with E-state index < -0.39 is 0 Å². The second kappa shape index (κ2) is 6.75. The van der Waals surface area contributed by atoms with Gasteiger partial charge in [0.25, 0.3) is 5.91 Å². The Morgan fingerprint density at radius 1 is 1.40 bits per heavy atom. The predicted molar refractivity (Wildman–Crippen MR) is 79.6 cm³/mol. The number of rotatable bonds is 7. The first-order valence-corrected chi connectivity index (χ1v) is 7.44. The van der Waals surface area contributed by atoms with Gasteiger partial charge in [-0.1, -0.05) is 25.1 Å². The molecule has 1 aliphatic rings. The zero-order chi connectivity index (χ0) is 14.5. The van der Waals surface area contributed by atoms with Crippen LogP contribution in [0.2, 0.25) is 0 Å². The van der Waals surface area contributed by atoms with Crippen molar-refractivity contribution in [1.82, 2.24) is 4.90 Å². The summed E-state index contributed by atoms with van der Waals surface area (Å²) in [7, 11) is 0. The quantitative estimate of drug-likeness (QED) is 0.832. The Morgan fingerprint density at radius 3 is 2.70 bits per heavy atom. The largest absolute Gasteiger partial charge is 0.483 e. The Morgan fingerprint density at radius 2 is 2.10 bits per heavy atom. The highest BCUT2D eigenvalue weighted by Gasteiger charge is 2.31. The van der Waals surface area contributed by atoms with E-state index in [2.05, 4.69) is 0 Å². The Labute approximate surface area is 120 Å². The molecule has 20 heavy (non-hydrogen) atoms. The molecule has 2 N–H and O–H groups in total. The Balaban J connectivity index is 1.98. The van der Waals surface area contributed by atoms with E-state index >= 15 is 0 Å². The average molecular weight is 276 g/mol. The van der Waals surface area contributed by atoms with E-state index in [0.717, 1.165) is 37.1 Å². The molecule has 0 heterocycles. The minimum atomic E-state index is -0.0491. The lowest BCUT2D eigenvalue weighted by Crippen LogP contribution is -2.36. The highest BCUT2D eigenvalue weighted by atomic mass is 16.5. The van der Waals surface area contributed by atoms with E-state index in [1.807, 2.05) is 43.0 Å². The molecule has 0 aromatic heterocycles. The fourth-order valence-electron chi connectivity index (χ4n) is 2.39. The van der Waals surface area contributed by atoms with Crippen molar-refractivity contribution in [3.8, 4) is 5.75 Å². The zero-order valence-corrected chi connectivity index (χ0v) is 12.3. The molecule has 1 saturated carbocycles. The number of para-hydroxylation sites is 1. The first-order valence-electron chi connectivity index (χ1n) is 7.44. The average Bonchev–Trinajstić information content (AvgIpc) is 3.30. The van der Waals surface area contributed by atoms with E-state index in [1.54, 1.807) is 0 Å². The number of benzene rings is 1. The molecule has 4 heteroatoms. The van der Waals surface area contributed by atoms with Crippen LogP contribution in [0.3, 0.4) is 0 Å². The number of carbonyl (C=O) groups is 1. The highest BCUT2D eigenvalue weighted by Crippen LogP contribution is 2.28. The molecule has 0 saturated heterocycles. The van der Waals surface area contributed by atoms with Crippen LogP contribution in [0.25, 0.3) is 0 Å². The van der Waals surface area contributed by atoms with Crippen LogP contribution in [0.4, 0.5) is 0 Å². The maximum Gasteiger partial charge on any atom is 0.260 e. The second-order valence-electron chi connectivity index (χ2n) is 5.25. The molecule has 1 amide bonds. The van der Waals surface area contributed by atoms with Gasteiger partial charge in [0.15, 0.2) is 6.61 Å². The molecule has 0 radical (unpaired) electrons. The van der Waals surface area contributed by atoms with Gasteiger partial charge in [-0.3, -0.25) is 4.79 Å². The molecule has 4 nitrogen and oxygen atoms in total. The second-order valence-corrected chi connectivity index (χ2v) is 5.25. The summed E-state index contributed by atoms with van der Waals surface area (Å²) in [5.74, 6) is 0.789. The lowest BCUT2D eigenvalue weighted by molar-refractivity contribution is -0.133. The lowest BCUT2D eigenvalue weighted by Gasteiger charge is -2.21. The first kappa shape index (κ1) is 14.9. The van der Waals surface area contributed by atoms with Gasteiger partial charge in [-0.25, -0.2) is 0 Å². The van der Waals surface area contributed by atoms with Crippen LogP contribution in [0.5, 0.6) is 5.75 Å². The normalized spacial score (nSPS) is 15.8. The van der Waals surface area contributed by atoms with Crippen molar-refractivity contribution in [1.29, 1.82) is 0 Å². The third-order valence-corrected chi connectivity index (χ3v) is 3.76. The molecule has 1 atom stereocenters. The third-order valence-electron chi connectivity index (χ3n) is 3.76. The van der Waals surface area contributed by atoms with E-state index in [-0.39, 0.29) is 18.6 Å². The maximum absolute atomic E-state index is 12.1. The predicted octanol–water partition coefficient (Wildman–Crippen LogP) is 2.49. The first-order chi connectivity index (χ1) is 9.67. The fourth-order valence-corrected chi connectivity index (χ4v) is 2.39. The standard InChI is InChI=1S/C16H24N2O2/c1-3-14(17)13-7-5-6-8-15(13)20-11-16(19)18(4-2)12-9-10-12/h5-8,12,14H,3-4,9-11,17H2,1-2H3/t14-/m0/s1. The topological polar surface area (TPSA) is 55.6 Å². The minimum absolute atomic E-state index is 0.0491. The SMILES string of the molecule is CC[C@H](N)c1ccccc1OCC(=O)N(CC)C1CC1. The van der Waals surface area contributed by atoms with E-state index in [1.165, 1.54) is 0 Å². The van der Waals surface area contributed by atoms with Gasteiger partial charge in [0, 0.05) is 24.2 Å². The van der Waals surface area contributed by atoms with E-state index in [0.29, 0.717) is 6.04 Å². The Bertz CT molecular complexity index is 458. The van der Waals surface area contributed by atoms with Gasteiger partial charge in [0.1, 0.15) is 5.75 Å². The monoisotopic (exact) mass is 276 g/mol. The number of nitrogens with zero attached hydrogens (tertiary/aromatic N) is 1. The van der Waals surface area contributed by atoms with E-state index in [4.69, 9.17) is 10.5 Å². The van der Waals surface area contributed by atoms with Crippen LogP contribution in [0.1, 0.15) is 44.7 Å². The van der Waals surface area contributed by atoms with Crippen molar-refractivity contribution in [3.63, 3.8) is 0 Å². The summed E-state index contributed by atoms with van der Waals surface area (Å²) in [5.41, 5.74) is 7.04. The number of carbonyl (C=O) groups excluding carboxylic acids is 1. The lowest BCUT2D eigenvalue weighted by atomic mass is 10.0. The summed E-state index contributed by atoms with van der Waals surface area (Å²) in [6.07, 6.45) is 3.09. The molecule has 1 aromatic rings. The molecule has 1 aliphatic carbocycles. The van der Waals surface area contributed by atoms with Gasteiger partial charge >= 0.3 is 0 Å². The molecule has 2 rings (SSSR count). The molecule has 1 fully saturated rings. The van der Waals surface area contributed by atoms with Gasteiger partial charge in [-0.05, 0) is 32.3 Å². The summed E-state index contributed by atoms with van der Waals surface area (Å²) in [6.45, 7) is 4.90. The summed E-state index contributed by atoms with van der Waals surface area (Å²) in [5, 5.41) is 0. The van der Waals surface area contributed by atoms with Crippen LogP contribution in [-0.2, 0) is 4.79 Å². The molecule has 0 spiro atoms. The van der Waals surface area contributed by atoms with Gasteiger partial charge in [-0.2, -0.15) is 0 Å². The molecule has 0 bridgehead atoms. The molecule has 0 aliphatic heterocycles.